The number of hydrogen-bond acceptors (Lipinski definition) is 3. The Balaban J connectivity index is 2.02. The molecule has 0 radical (unpaired) electrons. The van der Waals surface area contributed by atoms with Crippen molar-refractivity contribution in [1.29, 1.82) is 0 Å². The molecular weight excluding hydrogens is 260 g/mol. The summed E-state index contributed by atoms with van der Waals surface area (Å²) in [5.74, 6) is 0.919. The van der Waals surface area contributed by atoms with Crippen molar-refractivity contribution in [1.82, 2.24) is 10.6 Å². The predicted molar refractivity (Wildman–Crippen MR) is 76.5 cm³/mol. The van der Waals surface area contributed by atoms with Gasteiger partial charge >= 0.3 is 6.03 Å². The monoisotopic (exact) mass is 278 g/mol. The molecule has 0 aromatic carbocycles. The van der Waals surface area contributed by atoms with Crippen molar-refractivity contribution in [2.75, 3.05) is 6.54 Å². The first-order valence-corrected chi connectivity index (χ1v) is 7.21. The molecule has 2 amide bonds. The maximum Gasteiger partial charge on any atom is 0.315 e. The summed E-state index contributed by atoms with van der Waals surface area (Å²) in [5, 5.41) is 9.80. The summed E-state index contributed by atoms with van der Waals surface area (Å²) in [7, 11) is 0. The third-order valence-electron chi connectivity index (χ3n) is 2.72. The highest BCUT2D eigenvalue weighted by Gasteiger charge is 2.18. The molecule has 19 heavy (non-hydrogen) atoms. The second-order valence-electron chi connectivity index (χ2n) is 4.63. The fourth-order valence-electron chi connectivity index (χ4n) is 1.85. The van der Waals surface area contributed by atoms with E-state index in [1.807, 2.05) is 31.4 Å². The van der Waals surface area contributed by atoms with Crippen LogP contribution in [0.5, 0.6) is 0 Å². The van der Waals surface area contributed by atoms with E-state index >= 15 is 0 Å². The molecule has 0 bridgehead atoms. The fourth-order valence-corrected chi connectivity index (χ4v) is 2.57. The number of rotatable bonds is 5. The van der Waals surface area contributed by atoms with E-state index in [-0.39, 0.29) is 18.0 Å². The van der Waals surface area contributed by atoms with E-state index in [1.165, 1.54) is 0 Å². The molecule has 2 N–H and O–H groups in total. The van der Waals surface area contributed by atoms with Gasteiger partial charge in [0.15, 0.2) is 0 Å². The molecule has 0 aliphatic heterocycles. The summed E-state index contributed by atoms with van der Waals surface area (Å²) in [6, 6.07) is 5.83. The van der Waals surface area contributed by atoms with Crippen molar-refractivity contribution in [3.8, 4) is 0 Å². The highest BCUT2D eigenvalue weighted by atomic mass is 32.1. The molecule has 102 valence electrons. The highest BCUT2D eigenvalue weighted by molar-refractivity contribution is 7.08. The SMILES string of the molecule is CC(C)NC(=O)NCC(c1ccsc1)c1ccco1. The minimum absolute atomic E-state index is 0.0548. The molecule has 2 aromatic heterocycles. The van der Waals surface area contributed by atoms with Crippen molar-refractivity contribution in [2.45, 2.75) is 25.8 Å². The average molecular weight is 278 g/mol. The summed E-state index contributed by atoms with van der Waals surface area (Å²) >= 11 is 1.64. The maximum atomic E-state index is 11.6. The highest BCUT2D eigenvalue weighted by Crippen LogP contribution is 2.26. The lowest BCUT2D eigenvalue weighted by Gasteiger charge is -2.16. The van der Waals surface area contributed by atoms with Crippen LogP contribution < -0.4 is 10.6 Å². The lowest BCUT2D eigenvalue weighted by Crippen LogP contribution is -2.41. The number of carbonyl (C=O) groups is 1. The first-order chi connectivity index (χ1) is 9.16. The molecule has 0 spiro atoms. The molecule has 2 aromatic rings. The van der Waals surface area contributed by atoms with Crippen LogP contribution in [0.25, 0.3) is 0 Å². The summed E-state index contributed by atoms with van der Waals surface area (Å²) in [6.07, 6.45) is 1.66. The van der Waals surface area contributed by atoms with Crippen molar-refractivity contribution in [3.05, 3.63) is 46.5 Å². The normalized spacial score (nSPS) is 12.4. The van der Waals surface area contributed by atoms with Gasteiger partial charge in [0.2, 0.25) is 0 Å². The fraction of sp³-hybridized carbons (Fsp3) is 0.357. The van der Waals surface area contributed by atoms with E-state index in [0.29, 0.717) is 6.54 Å². The molecule has 0 aliphatic carbocycles. The summed E-state index contributed by atoms with van der Waals surface area (Å²) in [5.41, 5.74) is 1.16. The van der Waals surface area contributed by atoms with E-state index in [2.05, 4.69) is 22.1 Å². The van der Waals surface area contributed by atoms with Gasteiger partial charge in [-0.2, -0.15) is 11.3 Å². The number of carbonyl (C=O) groups excluding carboxylic acids is 1. The molecule has 5 heteroatoms. The van der Waals surface area contributed by atoms with Crippen LogP contribution in [0.15, 0.2) is 39.6 Å². The van der Waals surface area contributed by atoms with Gasteiger partial charge in [0.05, 0.1) is 12.2 Å². The largest absolute Gasteiger partial charge is 0.469 e. The molecule has 2 heterocycles. The summed E-state index contributed by atoms with van der Waals surface area (Å²) < 4.78 is 5.47. The number of nitrogens with one attached hydrogen (secondary N) is 2. The Bertz CT molecular complexity index is 457. The zero-order valence-corrected chi connectivity index (χ0v) is 11.9. The Morgan fingerprint density at radius 1 is 1.42 bits per heavy atom. The third kappa shape index (κ3) is 3.86. The van der Waals surface area contributed by atoms with Crippen LogP contribution in [0.2, 0.25) is 0 Å². The van der Waals surface area contributed by atoms with Crippen LogP contribution in [-0.4, -0.2) is 18.6 Å². The third-order valence-corrected chi connectivity index (χ3v) is 3.42. The van der Waals surface area contributed by atoms with Crippen LogP contribution in [-0.2, 0) is 0 Å². The smallest absolute Gasteiger partial charge is 0.315 e. The van der Waals surface area contributed by atoms with Gasteiger partial charge in [-0.1, -0.05) is 0 Å². The van der Waals surface area contributed by atoms with Crippen molar-refractivity contribution < 1.29 is 9.21 Å². The van der Waals surface area contributed by atoms with E-state index in [9.17, 15) is 4.79 Å². The minimum Gasteiger partial charge on any atom is -0.469 e. The van der Waals surface area contributed by atoms with E-state index in [0.717, 1.165) is 11.3 Å². The van der Waals surface area contributed by atoms with E-state index < -0.39 is 0 Å². The lowest BCUT2D eigenvalue weighted by atomic mass is 9.99. The van der Waals surface area contributed by atoms with Gasteiger partial charge in [-0.15, -0.1) is 0 Å². The first kappa shape index (κ1) is 13.7. The number of urea groups is 1. The average Bonchev–Trinajstić information content (AvgIpc) is 3.00. The molecule has 0 aliphatic rings. The summed E-state index contributed by atoms with van der Waals surface area (Å²) in [4.78, 5) is 11.6. The van der Waals surface area contributed by atoms with Gasteiger partial charge in [0.1, 0.15) is 5.76 Å². The van der Waals surface area contributed by atoms with Crippen molar-refractivity contribution in [2.24, 2.45) is 0 Å². The zero-order chi connectivity index (χ0) is 13.7. The Hall–Kier alpha value is -1.75. The Kier molecular flexibility index (Phi) is 4.63. The van der Waals surface area contributed by atoms with Gasteiger partial charge in [0, 0.05) is 12.6 Å². The van der Waals surface area contributed by atoms with E-state index in [4.69, 9.17) is 4.42 Å². The second-order valence-corrected chi connectivity index (χ2v) is 5.41. The zero-order valence-electron chi connectivity index (χ0n) is 11.1. The predicted octanol–water partition coefficient (Wildman–Crippen LogP) is 3.18. The van der Waals surface area contributed by atoms with Crippen LogP contribution in [0.3, 0.4) is 0 Å². The topological polar surface area (TPSA) is 54.3 Å². The number of hydrogen-bond donors (Lipinski definition) is 2. The number of amides is 2. The minimum atomic E-state index is -0.151. The Labute approximate surface area is 116 Å². The quantitative estimate of drug-likeness (QED) is 0.882. The number of furan rings is 1. The molecule has 0 saturated carbocycles. The molecule has 2 rings (SSSR count). The molecule has 0 saturated heterocycles. The van der Waals surface area contributed by atoms with Gasteiger partial charge in [-0.3, -0.25) is 0 Å². The molecule has 4 nitrogen and oxygen atoms in total. The maximum absolute atomic E-state index is 11.6. The standard InChI is InChI=1S/C14H18N2O2S/c1-10(2)16-14(17)15-8-12(11-5-7-19-9-11)13-4-3-6-18-13/h3-7,9-10,12H,8H2,1-2H3,(H2,15,16,17). The molecule has 0 fully saturated rings. The Morgan fingerprint density at radius 2 is 2.26 bits per heavy atom. The first-order valence-electron chi connectivity index (χ1n) is 6.26. The molecular formula is C14H18N2O2S. The van der Waals surface area contributed by atoms with Crippen molar-refractivity contribution >= 4 is 17.4 Å². The number of thiophene rings is 1. The van der Waals surface area contributed by atoms with Crippen LogP contribution >= 0.6 is 11.3 Å². The Morgan fingerprint density at radius 3 is 2.84 bits per heavy atom. The molecule has 1 atom stereocenters. The van der Waals surface area contributed by atoms with Crippen LogP contribution in [0.1, 0.15) is 31.1 Å². The van der Waals surface area contributed by atoms with Crippen LogP contribution in [0, 0.1) is 0 Å². The van der Waals surface area contributed by atoms with Gasteiger partial charge in [-0.05, 0) is 48.4 Å². The lowest BCUT2D eigenvalue weighted by molar-refractivity contribution is 0.238. The van der Waals surface area contributed by atoms with E-state index in [1.54, 1.807) is 17.6 Å². The van der Waals surface area contributed by atoms with Crippen molar-refractivity contribution in [3.63, 3.8) is 0 Å². The van der Waals surface area contributed by atoms with Gasteiger partial charge in [0.25, 0.3) is 0 Å². The second kappa shape index (κ2) is 6.43. The van der Waals surface area contributed by atoms with Crippen LogP contribution in [0.4, 0.5) is 4.79 Å². The molecule has 1 unspecified atom stereocenters. The van der Waals surface area contributed by atoms with Gasteiger partial charge in [-0.25, -0.2) is 4.79 Å². The van der Waals surface area contributed by atoms with Gasteiger partial charge < -0.3 is 15.1 Å². The summed E-state index contributed by atoms with van der Waals surface area (Å²) in [6.45, 7) is 4.38.